The van der Waals surface area contributed by atoms with Crippen LogP contribution in [0.25, 0.3) is 5.76 Å². The van der Waals surface area contributed by atoms with Crippen molar-refractivity contribution in [2.24, 2.45) is 0 Å². The first-order valence-corrected chi connectivity index (χ1v) is 9.77. The molecular weight excluding hydrogens is 406 g/mol. The number of methoxy groups -OCH3 is 2. The van der Waals surface area contributed by atoms with Crippen LogP contribution >= 0.6 is 11.3 Å². The highest BCUT2D eigenvalue weighted by Crippen LogP contribution is 2.43. The number of carbonyl (C=O) groups is 2. The van der Waals surface area contributed by atoms with Crippen LogP contribution in [0.5, 0.6) is 11.5 Å². The minimum absolute atomic E-state index is 0.0633. The van der Waals surface area contributed by atoms with E-state index in [9.17, 15) is 14.7 Å². The van der Waals surface area contributed by atoms with Crippen molar-refractivity contribution < 1.29 is 24.2 Å². The molecule has 1 atom stereocenters. The van der Waals surface area contributed by atoms with Crippen LogP contribution in [0.2, 0.25) is 0 Å². The van der Waals surface area contributed by atoms with Gasteiger partial charge in [-0.05, 0) is 23.8 Å². The maximum absolute atomic E-state index is 13.0. The van der Waals surface area contributed by atoms with Crippen molar-refractivity contribution in [1.82, 2.24) is 9.97 Å². The van der Waals surface area contributed by atoms with Crippen LogP contribution in [0.3, 0.4) is 0 Å². The number of pyridine rings is 1. The monoisotopic (exact) mass is 423 g/mol. The quantitative estimate of drug-likeness (QED) is 0.382. The summed E-state index contributed by atoms with van der Waals surface area (Å²) in [5.74, 6) is -1.10. The predicted molar refractivity (Wildman–Crippen MR) is 111 cm³/mol. The highest BCUT2D eigenvalue weighted by Gasteiger charge is 2.48. The van der Waals surface area contributed by atoms with Gasteiger partial charge in [0.15, 0.2) is 5.13 Å². The lowest BCUT2D eigenvalue weighted by atomic mass is 9.96. The fourth-order valence-electron chi connectivity index (χ4n) is 3.36. The first kappa shape index (κ1) is 19.6. The van der Waals surface area contributed by atoms with Crippen LogP contribution in [-0.4, -0.2) is 41.0 Å². The van der Waals surface area contributed by atoms with Crippen LogP contribution in [0.1, 0.15) is 17.2 Å². The van der Waals surface area contributed by atoms with E-state index in [4.69, 9.17) is 9.47 Å². The number of hydrogen-bond acceptors (Lipinski definition) is 8. The van der Waals surface area contributed by atoms with E-state index in [1.54, 1.807) is 54.3 Å². The molecule has 0 spiro atoms. The van der Waals surface area contributed by atoms with Gasteiger partial charge in [-0.3, -0.25) is 19.5 Å². The zero-order valence-corrected chi connectivity index (χ0v) is 16.9. The second-order valence-electron chi connectivity index (χ2n) is 6.34. The standard InChI is InChI=1S/C21H17N3O5S/c1-28-13-5-6-14(15(10-13)29-2)18(25)16-17(12-4-3-7-22-11-12)24(20(27)19(16)26)21-23-8-9-30-21/h3-11,17,25H,1-2H3/t17-/m0/s1. The van der Waals surface area contributed by atoms with Gasteiger partial charge in [-0.1, -0.05) is 6.07 Å². The minimum Gasteiger partial charge on any atom is -0.507 e. The zero-order valence-electron chi connectivity index (χ0n) is 16.1. The summed E-state index contributed by atoms with van der Waals surface area (Å²) in [4.78, 5) is 35.5. The molecule has 2 aromatic heterocycles. The lowest BCUT2D eigenvalue weighted by Crippen LogP contribution is -2.29. The molecule has 3 heterocycles. The first-order chi connectivity index (χ1) is 14.6. The van der Waals surface area contributed by atoms with Crippen LogP contribution in [0.15, 0.2) is 59.9 Å². The maximum Gasteiger partial charge on any atom is 0.301 e. The van der Waals surface area contributed by atoms with Gasteiger partial charge in [0.1, 0.15) is 17.3 Å². The predicted octanol–water partition coefficient (Wildman–Crippen LogP) is 3.18. The molecule has 1 aliphatic rings. The number of ketones is 1. The molecule has 1 N–H and O–H groups in total. The fraction of sp³-hybridized carbons (Fsp3) is 0.143. The van der Waals surface area contributed by atoms with Crippen molar-refractivity contribution in [2.45, 2.75) is 6.04 Å². The van der Waals surface area contributed by atoms with Crippen molar-refractivity contribution in [3.63, 3.8) is 0 Å². The number of amides is 1. The SMILES string of the molecule is COc1ccc(C(O)=C2C(=O)C(=O)N(c3nccs3)[C@H]2c2cccnc2)c(OC)c1. The molecule has 152 valence electrons. The molecule has 0 unspecified atom stereocenters. The third kappa shape index (κ3) is 3.18. The molecule has 8 nitrogen and oxygen atoms in total. The van der Waals surface area contributed by atoms with E-state index in [-0.39, 0.29) is 16.9 Å². The number of Topliss-reactive ketones (excluding diaryl/α,β-unsaturated/α-hetero) is 1. The van der Waals surface area contributed by atoms with Crippen molar-refractivity contribution in [3.8, 4) is 11.5 Å². The lowest BCUT2D eigenvalue weighted by Gasteiger charge is -2.22. The minimum atomic E-state index is -0.878. The number of benzene rings is 1. The Balaban J connectivity index is 1.95. The average molecular weight is 423 g/mol. The Kier molecular flexibility index (Phi) is 5.20. The summed E-state index contributed by atoms with van der Waals surface area (Å²) in [6.07, 6.45) is 4.69. The Labute approximate surface area is 176 Å². The molecule has 0 saturated carbocycles. The van der Waals surface area contributed by atoms with E-state index in [1.807, 2.05) is 0 Å². The van der Waals surface area contributed by atoms with Crippen LogP contribution in [-0.2, 0) is 9.59 Å². The second-order valence-corrected chi connectivity index (χ2v) is 7.21. The van der Waals surface area contributed by atoms with E-state index >= 15 is 0 Å². The van der Waals surface area contributed by atoms with Gasteiger partial charge in [0.05, 0.1) is 31.4 Å². The molecule has 4 rings (SSSR count). The molecule has 1 aliphatic heterocycles. The van der Waals surface area contributed by atoms with Gasteiger partial charge >= 0.3 is 5.91 Å². The van der Waals surface area contributed by atoms with E-state index < -0.39 is 17.7 Å². The van der Waals surface area contributed by atoms with Gasteiger partial charge in [-0.25, -0.2) is 4.98 Å². The summed E-state index contributed by atoms with van der Waals surface area (Å²) >= 11 is 1.22. The van der Waals surface area contributed by atoms with Gasteiger partial charge in [0.2, 0.25) is 0 Å². The average Bonchev–Trinajstić information content (AvgIpc) is 3.40. The molecule has 30 heavy (non-hydrogen) atoms. The third-order valence-corrected chi connectivity index (χ3v) is 5.50. The second kappa shape index (κ2) is 7.96. The first-order valence-electron chi connectivity index (χ1n) is 8.89. The van der Waals surface area contributed by atoms with Crippen molar-refractivity contribution in [3.05, 3.63) is 71.0 Å². The molecular formula is C21H17N3O5S. The van der Waals surface area contributed by atoms with Gasteiger partial charge in [0.25, 0.3) is 5.78 Å². The number of anilines is 1. The number of rotatable bonds is 5. The van der Waals surface area contributed by atoms with E-state index in [1.165, 1.54) is 30.5 Å². The maximum atomic E-state index is 13.0. The van der Waals surface area contributed by atoms with E-state index in [2.05, 4.69) is 9.97 Å². The molecule has 0 aliphatic carbocycles. The number of hydrogen-bond donors (Lipinski definition) is 1. The highest BCUT2D eigenvalue weighted by atomic mass is 32.1. The van der Waals surface area contributed by atoms with Gasteiger partial charge in [-0.2, -0.15) is 0 Å². The summed E-state index contributed by atoms with van der Waals surface area (Å²) in [5.41, 5.74) is 0.775. The summed E-state index contributed by atoms with van der Waals surface area (Å²) in [6.45, 7) is 0. The van der Waals surface area contributed by atoms with Crippen LogP contribution in [0, 0.1) is 0 Å². The van der Waals surface area contributed by atoms with Crippen LogP contribution in [0.4, 0.5) is 5.13 Å². The molecule has 0 bridgehead atoms. The number of thiazole rings is 1. The number of nitrogens with zero attached hydrogens (tertiary/aromatic N) is 3. The normalized spacial score (nSPS) is 17.9. The molecule has 1 saturated heterocycles. The fourth-order valence-corrected chi connectivity index (χ4v) is 4.02. The highest BCUT2D eigenvalue weighted by molar-refractivity contribution is 7.14. The lowest BCUT2D eigenvalue weighted by molar-refractivity contribution is -0.132. The number of aliphatic hydroxyl groups is 1. The molecule has 3 aromatic rings. The van der Waals surface area contributed by atoms with E-state index in [0.29, 0.717) is 22.2 Å². The molecule has 1 fully saturated rings. The van der Waals surface area contributed by atoms with Gasteiger partial charge < -0.3 is 14.6 Å². The van der Waals surface area contributed by atoms with Crippen molar-refractivity contribution in [2.75, 3.05) is 19.1 Å². The zero-order chi connectivity index (χ0) is 21.3. The summed E-state index contributed by atoms with van der Waals surface area (Å²) < 4.78 is 10.6. The number of aliphatic hydroxyl groups excluding tert-OH is 1. The molecule has 1 aromatic carbocycles. The van der Waals surface area contributed by atoms with Gasteiger partial charge in [0, 0.05) is 30.0 Å². The summed E-state index contributed by atoms with van der Waals surface area (Å²) in [5, 5.41) is 13.2. The summed E-state index contributed by atoms with van der Waals surface area (Å²) in [7, 11) is 2.95. The smallest absolute Gasteiger partial charge is 0.301 e. The Hall–Kier alpha value is -3.72. The molecule has 9 heteroatoms. The number of carbonyl (C=O) groups excluding carboxylic acids is 2. The topological polar surface area (TPSA) is 102 Å². The number of aromatic nitrogens is 2. The van der Waals surface area contributed by atoms with Gasteiger partial charge in [-0.15, -0.1) is 11.3 Å². The Morgan fingerprint density at radius 2 is 2.00 bits per heavy atom. The van der Waals surface area contributed by atoms with Crippen LogP contribution < -0.4 is 14.4 Å². The Morgan fingerprint density at radius 1 is 1.17 bits per heavy atom. The number of ether oxygens (including phenoxy) is 2. The van der Waals surface area contributed by atoms with Crippen molar-refractivity contribution >= 4 is 33.9 Å². The summed E-state index contributed by atoms with van der Waals surface area (Å²) in [6, 6.07) is 7.35. The Morgan fingerprint density at radius 3 is 2.63 bits per heavy atom. The molecule has 0 radical (unpaired) electrons. The largest absolute Gasteiger partial charge is 0.507 e. The van der Waals surface area contributed by atoms with Crippen molar-refractivity contribution in [1.29, 1.82) is 0 Å². The third-order valence-electron chi connectivity index (χ3n) is 4.73. The molecule has 1 amide bonds. The Bertz CT molecular complexity index is 1130. The van der Waals surface area contributed by atoms with E-state index in [0.717, 1.165) is 0 Å².